The van der Waals surface area contributed by atoms with Crippen molar-refractivity contribution < 1.29 is 14.3 Å². The Balaban J connectivity index is 1.88. The Labute approximate surface area is 138 Å². The zero-order valence-electron chi connectivity index (χ0n) is 12.7. The molecule has 2 aromatic heterocycles. The maximum absolute atomic E-state index is 11.2. The van der Waals surface area contributed by atoms with Crippen LogP contribution in [0.1, 0.15) is 26.2 Å². The molecule has 1 N–H and O–H groups in total. The van der Waals surface area contributed by atoms with Crippen molar-refractivity contribution in [2.45, 2.75) is 32.3 Å². The number of ether oxygens (including phenoxy) is 2. The van der Waals surface area contributed by atoms with Gasteiger partial charge in [0.2, 0.25) is 17.7 Å². The smallest absolute Gasteiger partial charge is 0.245 e. The van der Waals surface area contributed by atoms with Crippen molar-refractivity contribution in [2.75, 3.05) is 18.5 Å². The van der Waals surface area contributed by atoms with E-state index in [0.29, 0.717) is 22.8 Å². The van der Waals surface area contributed by atoms with E-state index in [1.807, 2.05) is 0 Å². The van der Waals surface area contributed by atoms with Crippen molar-refractivity contribution in [3.05, 3.63) is 17.3 Å². The number of aromatic nitrogens is 3. The second kappa shape index (κ2) is 7.06. The van der Waals surface area contributed by atoms with Crippen molar-refractivity contribution in [3.8, 4) is 5.88 Å². The van der Waals surface area contributed by atoms with Crippen molar-refractivity contribution >= 4 is 34.5 Å². The zero-order valence-corrected chi connectivity index (χ0v) is 13.5. The number of nitrogens with one attached hydrogen (secondary N) is 1. The Kier molecular flexibility index (Phi) is 4.88. The molecule has 1 aliphatic heterocycles. The fourth-order valence-electron chi connectivity index (χ4n) is 2.39. The molecular formula is C15H17ClN4O3. The van der Waals surface area contributed by atoms with Gasteiger partial charge in [-0.1, -0.05) is 11.6 Å². The van der Waals surface area contributed by atoms with Crippen LogP contribution in [-0.2, 0) is 9.53 Å². The summed E-state index contributed by atoms with van der Waals surface area (Å²) >= 11 is 5.95. The molecule has 0 saturated carbocycles. The Morgan fingerprint density at radius 2 is 2.26 bits per heavy atom. The first kappa shape index (κ1) is 15.9. The van der Waals surface area contributed by atoms with Crippen LogP contribution < -0.4 is 10.1 Å². The van der Waals surface area contributed by atoms with Crippen LogP contribution in [0, 0.1) is 0 Å². The monoisotopic (exact) mass is 336 g/mol. The third kappa shape index (κ3) is 4.05. The van der Waals surface area contributed by atoms with E-state index in [0.717, 1.165) is 25.9 Å². The van der Waals surface area contributed by atoms with Gasteiger partial charge in [0.05, 0.1) is 11.6 Å². The molecule has 1 amide bonds. The second-order valence-electron chi connectivity index (χ2n) is 5.33. The molecule has 0 spiro atoms. The standard InChI is InChI=1S/C15H17ClN4O3/c1-9(21)17-15-18-11-5-6-12(16)19-13(11)14(20-15)23-8-10-4-2-3-7-22-10/h5-6,10H,2-4,7-8H2,1H3,(H,17,18,20,21). The van der Waals surface area contributed by atoms with Gasteiger partial charge in [-0.15, -0.1) is 0 Å². The molecule has 0 aliphatic carbocycles. The van der Waals surface area contributed by atoms with Crippen LogP contribution in [0.2, 0.25) is 5.15 Å². The number of halogens is 1. The topological polar surface area (TPSA) is 86.2 Å². The number of carbonyl (C=O) groups is 1. The Morgan fingerprint density at radius 1 is 1.39 bits per heavy atom. The van der Waals surface area contributed by atoms with Gasteiger partial charge in [0.15, 0.2) is 5.52 Å². The molecule has 0 bridgehead atoms. The van der Waals surface area contributed by atoms with Crippen LogP contribution in [0.25, 0.3) is 11.0 Å². The Hall–Kier alpha value is -1.99. The Bertz CT molecular complexity index is 719. The normalized spacial score (nSPS) is 17.9. The van der Waals surface area contributed by atoms with Crippen LogP contribution in [0.4, 0.5) is 5.95 Å². The fourth-order valence-corrected chi connectivity index (χ4v) is 2.54. The number of nitrogens with zero attached hydrogens (tertiary/aromatic N) is 3. The lowest BCUT2D eigenvalue weighted by atomic mass is 10.1. The minimum absolute atomic E-state index is 0.0390. The minimum atomic E-state index is -0.257. The summed E-state index contributed by atoms with van der Waals surface area (Å²) in [7, 11) is 0. The number of rotatable bonds is 4. The van der Waals surface area contributed by atoms with Crippen molar-refractivity contribution in [3.63, 3.8) is 0 Å². The van der Waals surface area contributed by atoms with Gasteiger partial charge in [-0.2, -0.15) is 4.98 Å². The van der Waals surface area contributed by atoms with Gasteiger partial charge in [0.25, 0.3) is 0 Å². The fraction of sp³-hybridized carbons (Fsp3) is 0.467. The minimum Gasteiger partial charge on any atom is -0.473 e. The van der Waals surface area contributed by atoms with Gasteiger partial charge in [-0.25, -0.2) is 9.97 Å². The number of anilines is 1. The highest BCUT2D eigenvalue weighted by Gasteiger charge is 2.17. The summed E-state index contributed by atoms with van der Waals surface area (Å²) in [6, 6.07) is 3.34. The maximum atomic E-state index is 11.2. The molecule has 3 heterocycles. The van der Waals surface area contributed by atoms with Crippen LogP contribution in [-0.4, -0.2) is 40.2 Å². The maximum Gasteiger partial charge on any atom is 0.245 e. The molecule has 0 aromatic carbocycles. The first-order chi connectivity index (χ1) is 11.1. The summed E-state index contributed by atoms with van der Waals surface area (Å²) in [5.41, 5.74) is 1.01. The SMILES string of the molecule is CC(=O)Nc1nc(OCC2CCCCO2)c2nc(Cl)ccc2n1. The summed E-state index contributed by atoms with van der Waals surface area (Å²) in [6.45, 7) is 2.52. The van der Waals surface area contributed by atoms with Gasteiger partial charge in [-0.05, 0) is 31.4 Å². The number of amides is 1. The number of hydrogen-bond acceptors (Lipinski definition) is 6. The molecule has 7 nitrogen and oxygen atoms in total. The zero-order chi connectivity index (χ0) is 16.2. The van der Waals surface area contributed by atoms with Gasteiger partial charge in [-0.3, -0.25) is 10.1 Å². The molecule has 2 aromatic rings. The van der Waals surface area contributed by atoms with E-state index in [9.17, 15) is 4.79 Å². The van der Waals surface area contributed by atoms with Gasteiger partial charge >= 0.3 is 0 Å². The Morgan fingerprint density at radius 3 is 3.00 bits per heavy atom. The highest BCUT2D eigenvalue weighted by atomic mass is 35.5. The lowest BCUT2D eigenvalue weighted by Crippen LogP contribution is -2.26. The number of fused-ring (bicyclic) bond motifs is 1. The summed E-state index contributed by atoms with van der Waals surface area (Å²) in [6.07, 6.45) is 3.20. The summed E-state index contributed by atoms with van der Waals surface area (Å²) in [5.74, 6) is 0.206. The molecule has 8 heteroatoms. The molecule has 1 atom stereocenters. The molecule has 1 fully saturated rings. The molecule has 3 rings (SSSR count). The van der Waals surface area contributed by atoms with E-state index in [1.165, 1.54) is 6.92 Å². The molecule has 122 valence electrons. The van der Waals surface area contributed by atoms with Crippen molar-refractivity contribution in [2.24, 2.45) is 0 Å². The van der Waals surface area contributed by atoms with E-state index in [1.54, 1.807) is 12.1 Å². The lowest BCUT2D eigenvalue weighted by Gasteiger charge is -2.22. The summed E-state index contributed by atoms with van der Waals surface area (Å²) in [5, 5.41) is 2.88. The second-order valence-corrected chi connectivity index (χ2v) is 5.72. The van der Waals surface area contributed by atoms with E-state index in [-0.39, 0.29) is 23.8 Å². The molecule has 23 heavy (non-hydrogen) atoms. The predicted molar refractivity (Wildman–Crippen MR) is 85.7 cm³/mol. The number of carbonyl (C=O) groups excluding carboxylic acids is 1. The molecule has 1 unspecified atom stereocenters. The summed E-state index contributed by atoms with van der Waals surface area (Å²) < 4.78 is 11.4. The van der Waals surface area contributed by atoms with Crippen molar-refractivity contribution in [1.29, 1.82) is 0 Å². The van der Waals surface area contributed by atoms with Gasteiger partial charge in [0.1, 0.15) is 11.8 Å². The van der Waals surface area contributed by atoms with Gasteiger partial charge in [0, 0.05) is 13.5 Å². The average Bonchev–Trinajstić information content (AvgIpc) is 2.53. The van der Waals surface area contributed by atoms with Gasteiger partial charge < -0.3 is 9.47 Å². The number of pyridine rings is 1. The quantitative estimate of drug-likeness (QED) is 0.864. The number of hydrogen-bond donors (Lipinski definition) is 1. The van der Waals surface area contributed by atoms with Crippen molar-refractivity contribution in [1.82, 2.24) is 15.0 Å². The highest BCUT2D eigenvalue weighted by Crippen LogP contribution is 2.25. The molecule has 1 aliphatic rings. The third-order valence-corrected chi connectivity index (χ3v) is 3.65. The van der Waals surface area contributed by atoms with E-state index < -0.39 is 0 Å². The third-order valence-electron chi connectivity index (χ3n) is 3.44. The van der Waals surface area contributed by atoms with E-state index in [4.69, 9.17) is 21.1 Å². The van der Waals surface area contributed by atoms with Crippen LogP contribution >= 0.6 is 11.6 Å². The van der Waals surface area contributed by atoms with E-state index >= 15 is 0 Å². The molecule has 1 saturated heterocycles. The first-order valence-corrected chi connectivity index (χ1v) is 7.86. The van der Waals surface area contributed by atoms with E-state index in [2.05, 4.69) is 20.3 Å². The van der Waals surface area contributed by atoms with Crippen LogP contribution in [0.3, 0.4) is 0 Å². The molecular weight excluding hydrogens is 320 g/mol. The lowest BCUT2D eigenvalue weighted by molar-refractivity contribution is -0.114. The largest absolute Gasteiger partial charge is 0.473 e. The first-order valence-electron chi connectivity index (χ1n) is 7.48. The average molecular weight is 337 g/mol. The summed E-state index contributed by atoms with van der Waals surface area (Å²) in [4.78, 5) is 23.9. The van der Waals surface area contributed by atoms with Crippen LogP contribution in [0.5, 0.6) is 5.88 Å². The highest BCUT2D eigenvalue weighted by molar-refractivity contribution is 6.29. The molecule has 0 radical (unpaired) electrons. The predicted octanol–water partition coefficient (Wildman–Crippen LogP) is 2.58. The van der Waals surface area contributed by atoms with Crippen LogP contribution in [0.15, 0.2) is 12.1 Å².